The van der Waals surface area contributed by atoms with Crippen LogP contribution in [0, 0.1) is 47.6 Å². The Labute approximate surface area is 846 Å². The number of amidine groups is 5. The average Bonchev–Trinajstić information content (AvgIpc) is 1.71. The van der Waals surface area contributed by atoms with E-state index in [-0.39, 0.29) is 76.2 Å². The number of esters is 5. The van der Waals surface area contributed by atoms with Gasteiger partial charge in [0.1, 0.15) is 76.5 Å². The number of nitrogens with zero attached hydrogens (tertiary/aromatic N) is 16. The van der Waals surface area contributed by atoms with Crippen molar-refractivity contribution in [1.82, 2.24) is 53.4 Å². The van der Waals surface area contributed by atoms with Crippen molar-refractivity contribution < 1.29 is 83.1 Å². The van der Waals surface area contributed by atoms with Gasteiger partial charge in [-0.25, -0.2) is 74.6 Å². The number of carbonyl (C=O) groups excluding carboxylic acids is 5. The molecule has 42 heteroatoms. The van der Waals surface area contributed by atoms with Crippen molar-refractivity contribution in [3.05, 3.63) is 326 Å². The van der Waals surface area contributed by atoms with Crippen LogP contribution in [0.15, 0.2) is 230 Å². The molecule has 0 spiro atoms. The summed E-state index contributed by atoms with van der Waals surface area (Å²) >= 11 is 33.0. The molecule has 10 aliphatic heterocycles. The Kier molecular flexibility index (Phi) is 32.8. The van der Waals surface area contributed by atoms with Crippen LogP contribution in [0.5, 0.6) is 0 Å². The molecule has 5 aromatic carbocycles. The second-order valence-electron chi connectivity index (χ2n) is 32.8. The summed E-state index contributed by atoms with van der Waals surface area (Å²) in [6.07, 6.45) is 14.0. The third-order valence-electron chi connectivity index (χ3n) is 24.0. The molecule has 5 unspecified atom stereocenters. The van der Waals surface area contributed by atoms with Crippen LogP contribution in [0.4, 0.5) is 30.7 Å². The standard InChI is InChI=1S/C21H17ClF3N3O2.C20H20ClFN4O2.C20H19ClFN3O2S.C19H17BrFN3O3S.C19H17ClFN3O2S/c1-2-30-21(29)17-16-4-3-7-28(16)20(19-15(25)9-12(24)10-26-19)27-18(17)13-6-5-11(23)8-14(13)22;1-3-28-20(27)16-15-5-4-9-26(15)19(18-23-8-10-25(18)2)24-17(16)13-7-6-12(22)11-14(13)21;1-3-27-20(26)16-15-5-4-8-25(15)18(19-23-11(2)10-28-19)24-17(16)13-7-6-12(22)9-14(13)21;1-26-10-27-19(25)15-14-3-2-7-24(14)17(18-22-6-8-28-18)23-16(15)12-5-4-11(21)9-13(12)20;1-2-26-19(25)16-15-4-3-8-24(15)18(14-7-9-27-23-14)22-17(16)12-6-5-11(21)10-13(12)20/h5-6,8-10,18H,2-4,7H2,1H3;6-8,10-11,17H,3-5,9H2,1-2H3;6-7,9-10,17H,3-5,8H2,1-2H3;4-6,8-9,16H,2-3,7,10H2,1H3;5-7,9-10,17H,2-4,8H2,1H3. The number of carbonyl (C=O) groups is 5. The van der Waals surface area contributed by atoms with Crippen LogP contribution in [-0.2, 0) is 59.4 Å². The van der Waals surface area contributed by atoms with Gasteiger partial charge in [0, 0.05) is 169 Å². The number of thiazole rings is 2. The lowest BCUT2D eigenvalue weighted by molar-refractivity contribution is -0.150. The summed E-state index contributed by atoms with van der Waals surface area (Å²) in [5, 5.41) is 8.09. The molecule has 20 rings (SSSR count). The third-order valence-corrected chi connectivity index (χ3v) is 28.3. The summed E-state index contributed by atoms with van der Waals surface area (Å²) < 4.78 is 134. The number of aryl methyl sites for hydroxylation is 2. The maximum absolute atomic E-state index is 14.5. The van der Waals surface area contributed by atoms with Crippen LogP contribution in [0.2, 0.25) is 20.1 Å². The molecule has 10 aromatic rings. The lowest BCUT2D eigenvalue weighted by atomic mass is 9.94. The topological polar surface area (TPSA) is 288 Å². The molecule has 5 fully saturated rings. The Bertz CT molecular complexity index is 6850. The molecule has 0 bridgehead atoms. The fraction of sp³-hybridized carbons (Fsp3) is 0.323. The fourth-order valence-corrected chi connectivity index (χ4v) is 21.7. The van der Waals surface area contributed by atoms with E-state index in [2.05, 4.69) is 50.1 Å². The first-order valence-electron chi connectivity index (χ1n) is 45.1. The van der Waals surface area contributed by atoms with Crippen LogP contribution in [0.25, 0.3) is 0 Å². The van der Waals surface area contributed by atoms with E-state index in [4.69, 9.17) is 94.8 Å². The molecule has 0 N–H and O–H groups in total. The number of imidazole rings is 1. The molecular formula is C99H90BrCl4F7N16O11S3. The molecule has 734 valence electrons. The predicted octanol–water partition coefficient (Wildman–Crippen LogP) is 21.2. The SMILES string of the molecule is CCOC(=O)C1=C2CCCN2C(c2ccsn2)=NC1c1ccc(F)cc1Cl.CCOC(=O)C1=C2CCCN2C(c2nc(C)cs2)=NC1c1ccc(F)cc1Cl.CCOC(=O)C1=C2CCCN2C(c2ncc(F)cc2F)=NC1c1ccc(F)cc1Cl.CCOC(=O)C1=C2CCCN2C(c2nccn2C)=NC1c1ccc(F)cc1Cl.COCOC(=O)C1=C2CCCN2C(c2nccs2)=NC1c1ccc(F)cc1Br. The smallest absolute Gasteiger partial charge is 0.340 e. The second kappa shape index (κ2) is 45.4. The lowest BCUT2D eigenvalue weighted by Crippen LogP contribution is -2.36. The van der Waals surface area contributed by atoms with E-state index >= 15 is 0 Å². The highest BCUT2D eigenvalue weighted by atomic mass is 79.9. The highest BCUT2D eigenvalue weighted by Gasteiger charge is 2.47. The minimum absolute atomic E-state index is 0.0736. The Hall–Kier alpha value is -12.1. The average molecular weight is 2130 g/mol. The zero-order chi connectivity index (χ0) is 99.7. The predicted molar refractivity (Wildman–Crippen MR) is 524 cm³/mol. The van der Waals surface area contributed by atoms with Crippen molar-refractivity contribution in [2.24, 2.45) is 32.0 Å². The van der Waals surface area contributed by atoms with Crippen LogP contribution in [0.3, 0.4) is 0 Å². The molecule has 5 saturated heterocycles. The Morgan fingerprint density at radius 2 is 0.801 bits per heavy atom. The van der Waals surface area contributed by atoms with Crippen molar-refractivity contribution >= 4 is 156 Å². The number of halogens is 12. The number of benzene rings is 5. The minimum atomic E-state index is -0.942. The van der Waals surface area contributed by atoms with Gasteiger partial charge in [0.15, 0.2) is 57.6 Å². The number of hydrogen-bond acceptors (Lipinski definition) is 29. The Morgan fingerprint density at radius 1 is 0.426 bits per heavy atom. The van der Waals surface area contributed by atoms with E-state index in [1.165, 1.54) is 102 Å². The number of rotatable bonds is 21. The van der Waals surface area contributed by atoms with Gasteiger partial charge in [-0.2, -0.15) is 4.37 Å². The molecule has 0 saturated carbocycles. The van der Waals surface area contributed by atoms with Gasteiger partial charge in [0.05, 0.1) is 60.5 Å². The summed E-state index contributed by atoms with van der Waals surface area (Å²) in [4.78, 5) is 115. The third kappa shape index (κ3) is 21.8. The second-order valence-corrected chi connectivity index (χ2v) is 37.7. The van der Waals surface area contributed by atoms with E-state index in [9.17, 15) is 54.7 Å². The normalized spacial score (nSPS) is 18.8. The van der Waals surface area contributed by atoms with E-state index in [0.717, 1.165) is 152 Å². The maximum Gasteiger partial charge on any atom is 0.340 e. The fourth-order valence-electron chi connectivity index (χ4n) is 18.1. The van der Waals surface area contributed by atoms with Crippen molar-refractivity contribution in [3.8, 4) is 0 Å². The number of methoxy groups -OCH3 is 1. The monoisotopic (exact) mass is 2130 g/mol. The quantitative estimate of drug-likeness (QED) is 0.0279. The van der Waals surface area contributed by atoms with Gasteiger partial charge in [0.2, 0.25) is 0 Å². The number of aliphatic imine (C=N–C) groups is 5. The largest absolute Gasteiger partial charge is 0.463 e. The van der Waals surface area contributed by atoms with Crippen LogP contribution in [0.1, 0.15) is 183 Å². The van der Waals surface area contributed by atoms with Crippen LogP contribution in [-0.4, -0.2) is 185 Å². The minimum Gasteiger partial charge on any atom is -0.463 e. The highest BCUT2D eigenvalue weighted by molar-refractivity contribution is 9.10. The van der Waals surface area contributed by atoms with Gasteiger partial charge in [-0.15, -0.1) is 22.7 Å². The number of hydrogen-bond donors (Lipinski definition) is 0. The Balaban J connectivity index is 0.000000127. The first-order chi connectivity index (χ1) is 68.1. The first-order valence-corrected chi connectivity index (χ1v) is 50.0. The lowest BCUT2D eigenvalue weighted by Gasteiger charge is -2.32. The van der Waals surface area contributed by atoms with Gasteiger partial charge in [0.25, 0.3) is 0 Å². The zero-order valence-electron chi connectivity index (χ0n) is 76.8. The number of allylic oxidation sites excluding steroid dienone is 5. The van der Waals surface area contributed by atoms with E-state index in [1.807, 2.05) is 61.6 Å². The highest BCUT2D eigenvalue weighted by Crippen LogP contribution is 2.50. The van der Waals surface area contributed by atoms with Crippen molar-refractivity contribution in [2.75, 3.05) is 73.1 Å². The summed E-state index contributed by atoms with van der Waals surface area (Å²) in [6, 6.07) is 19.7. The van der Waals surface area contributed by atoms with Gasteiger partial charge in [-0.3, -0.25) is 25.0 Å². The number of ether oxygens (including phenoxy) is 6. The molecular weight excluding hydrogens is 2040 g/mol. The first kappa shape index (κ1) is 102. The molecule has 27 nitrogen and oxygen atoms in total. The molecule has 0 amide bonds. The van der Waals surface area contributed by atoms with Gasteiger partial charge >= 0.3 is 29.8 Å². The molecule has 0 radical (unpaired) electrons. The molecule has 15 heterocycles. The van der Waals surface area contributed by atoms with E-state index < -0.39 is 95.0 Å². The van der Waals surface area contributed by atoms with Gasteiger partial charge in [-0.05, 0) is 183 Å². The summed E-state index contributed by atoms with van der Waals surface area (Å²) in [5.74, 6) is -2.47. The summed E-state index contributed by atoms with van der Waals surface area (Å²) in [6.45, 7) is 13.2. The van der Waals surface area contributed by atoms with Crippen molar-refractivity contribution in [2.45, 2.75) is 129 Å². The van der Waals surface area contributed by atoms with Crippen molar-refractivity contribution in [1.29, 1.82) is 0 Å². The summed E-state index contributed by atoms with van der Waals surface area (Å²) in [7, 11) is 3.35. The van der Waals surface area contributed by atoms with E-state index in [0.29, 0.717) is 97.2 Å². The van der Waals surface area contributed by atoms with E-state index in [1.54, 1.807) is 69.3 Å². The maximum atomic E-state index is 14.5. The number of fused-ring (bicyclic) bond motifs is 5. The van der Waals surface area contributed by atoms with Crippen LogP contribution < -0.4 is 0 Å². The van der Waals surface area contributed by atoms with Gasteiger partial charge < -0.3 is 57.5 Å². The number of aromatic nitrogens is 6. The molecule has 0 aliphatic carbocycles. The van der Waals surface area contributed by atoms with Gasteiger partial charge in [-0.1, -0.05) is 92.7 Å². The number of pyridine rings is 1. The molecule has 10 aliphatic rings. The summed E-state index contributed by atoms with van der Waals surface area (Å²) in [5.41, 5.74) is 10.6. The van der Waals surface area contributed by atoms with Crippen molar-refractivity contribution in [3.63, 3.8) is 0 Å². The molecule has 5 aromatic heterocycles. The molecule has 5 atom stereocenters. The molecule has 141 heavy (non-hydrogen) atoms. The zero-order valence-corrected chi connectivity index (χ0v) is 83.9. The van der Waals surface area contributed by atoms with Crippen LogP contribution >= 0.6 is 96.5 Å². The Morgan fingerprint density at radius 3 is 1.16 bits per heavy atom.